The summed E-state index contributed by atoms with van der Waals surface area (Å²) in [6.45, 7) is -0.540. The molecular formula is C26H25N3O6S. The molecule has 9 nitrogen and oxygen atoms in total. The van der Waals surface area contributed by atoms with Gasteiger partial charge in [0.15, 0.2) is 4.90 Å². The Kier molecular flexibility index (Phi) is 9.16. The maximum absolute atomic E-state index is 13.4. The van der Waals surface area contributed by atoms with Gasteiger partial charge < -0.3 is 10.1 Å². The van der Waals surface area contributed by atoms with E-state index in [1.54, 1.807) is 0 Å². The Morgan fingerprint density at radius 1 is 1.00 bits per heavy atom. The van der Waals surface area contributed by atoms with Crippen LogP contribution < -0.4 is 5.32 Å². The maximum atomic E-state index is 13.4. The van der Waals surface area contributed by atoms with Crippen LogP contribution in [0.25, 0.3) is 0 Å². The minimum absolute atomic E-state index is 0.0350. The number of carbonyl (C=O) groups excluding carboxylic acids is 1. The van der Waals surface area contributed by atoms with E-state index in [-0.39, 0.29) is 26.1 Å². The molecule has 0 aliphatic rings. The summed E-state index contributed by atoms with van der Waals surface area (Å²) in [6.07, 6.45) is 4.98. The summed E-state index contributed by atoms with van der Waals surface area (Å²) < 4.78 is 33.1. The lowest BCUT2D eigenvalue weighted by atomic mass is 10.1. The number of nitrogens with one attached hydrogen (secondary N) is 1. The molecular weight excluding hydrogens is 482 g/mol. The van der Waals surface area contributed by atoms with Crippen LogP contribution in [0.2, 0.25) is 0 Å². The van der Waals surface area contributed by atoms with Crippen LogP contribution in [0.5, 0.6) is 0 Å². The van der Waals surface area contributed by atoms with Gasteiger partial charge in [-0.2, -0.15) is 4.31 Å². The molecule has 0 bridgehead atoms. The van der Waals surface area contributed by atoms with Gasteiger partial charge in [0.1, 0.15) is 6.61 Å². The van der Waals surface area contributed by atoms with E-state index in [1.807, 2.05) is 60.7 Å². The fraction of sp³-hybridized carbons (Fsp3) is 0.192. The summed E-state index contributed by atoms with van der Waals surface area (Å²) in [6, 6.07) is 22.6. The number of carbonyl (C=O) groups is 1. The first-order chi connectivity index (χ1) is 17.3. The van der Waals surface area contributed by atoms with E-state index in [0.717, 1.165) is 27.6 Å². The molecule has 3 aromatic rings. The van der Waals surface area contributed by atoms with E-state index < -0.39 is 37.7 Å². The predicted molar refractivity (Wildman–Crippen MR) is 134 cm³/mol. The Bertz CT molecular complexity index is 1320. The van der Waals surface area contributed by atoms with Gasteiger partial charge in [-0.05, 0) is 23.6 Å². The average molecular weight is 508 g/mol. The number of nitrogens with zero attached hydrogens (tertiary/aromatic N) is 2. The highest BCUT2D eigenvalue weighted by Gasteiger charge is 2.33. The molecule has 0 spiro atoms. The van der Waals surface area contributed by atoms with Crippen LogP contribution in [0.4, 0.5) is 10.5 Å². The van der Waals surface area contributed by atoms with Crippen molar-refractivity contribution in [3.05, 3.63) is 106 Å². The van der Waals surface area contributed by atoms with Gasteiger partial charge in [-0.25, -0.2) is 13.2 Å². The van der Waals surface area contributed by atoms with E-state index in [4.69, 9.17) is 11.2 Å². The second-order valence-corrected chi connectivity index (χ2v) is 9.73. The molecule has 1 amide bonds. The molecule has 10 heteroatoms. The number of alkyl carbamates (subject to hydrolysis) is 1. The second-order valence-electron chi connectivity index (χ2n) is 7.82. The SMILES string of the molecule is C#CCN(CC(Cc1ccccc1)NC(=O)OCc1ccccc1)S(=O)(=O)c1ccccc1[N+](=O)[O-]. The Balaban J connectivity index is 1.84. The molecule has 0 saturated carbocycles. The first kappa shape index (κ1) is 26.4. The van der Waals surface area contributed by atoms with Gasteiger partial charge >= 0.3 is 6.09 Å². The van der Waals surface area contributed by atoms with Gasteiger partial charge in [-0.15, -0.1) is 6.42 Å². The van der Waals surface area contributed by atoms with Gasteiger partial charge in [0, 0.05) is 12.6 Å². The monoisotopic (exact) mass is 507 g/mol. The molecule has 36 heavy (non-hydrogen) atoms. The zero-order valence-corrected chi connectivity index (χ0v) is 20.1. The molecule has 1 N–H and O–H groups in total. The summed E-state index contributed by atoms with van der Waals surface area (Å²) in [5.41, 5.74) is 1.07. The van der Waals surface area contributed by atoms with Crippen molar-refractivity contribution in [2.24, 2.45) is 0 Å². The molecule has 0 aromatic heterocycles. The van der Waals surface area contributed by atoms with Crippen molar-refractivity contribution >= 4 is 21.8 Å². The van der Waals surface area contributed by atoms with Crippen LogP contribution in [0.15, 0.2) is 89.8 Å². The van der Waals surface area contributed by atoms with Gasteiger partial charge in [0.2, 0.25) is 0 Å². The minimum atomic E-state index is -4.36. The third kappa shape index (κ3) is 7.15. The first-order valence-corrected chi connectivity index (χ1v) is 12.4. The fourth-order valence-corrected chi connectivity index (χ4v) is 5.11. The standard InChI is InChI=1S/C26H25N3O6S/c1-2-17-28(36(33,34)25-16-10-9-15-24(25)29(31)32)19-23(18-21-11-5-3-6-12-21)27-26(30)35-20-22-13-7-4-8-14-22/h1,3-16,23H,17-20H2,(H,27,30). The topological polar surface area (TPSA) is 119 Å². The van der Waals surface area contributed by atoms with Crippen LogP contribution in [-0.2, 0) is 27.8 Å². The number of amides is 1. The Hall–Kier alpha value is -4.20. The number of nitro groups is 1. The molecule has 1 unspecified atom stereocenters. The fourth-order valence-electron chi connectivity index (χ4n) is 3.55. The second kappa shape index (κ2) is 12.5. The minimum Gasteiger partial charge on any atom is -0.445 e. The summed E-state index contributed by atoms with van der Waals surface area (Å²) in [5.74, 6) is 2.29. The zero-order valence-electron chi connectivity index (χ0n) is 19.3. The van der Waals surface area contributed by atoms with Gasteiger partial charge in [-0.3, -0.25) is 10.1 Å². The van der Waals surface area contributed by atoms with E-state index in [9.17, 15) is 23.3 Å². The number of nitro benzene ring substituents is 1. The molecule has 0 aliphatic heterocycles. The van der Waals surface area contributed by atoms with Crippen molar-refractivity contribution < 1.29 is 22.9 Å². The van der Waals surface area contributed by atoms with Crippen LogP contribution in [-0.4, -0.2) is 42.9 Å². The zero-order chi connectivity index (χ0) is 26.0. The van der Waals surface area contributed by atoms with Crippen molar-refractivity contribution in [3.63, 3.8) is 0 Å². The van der Waals surface area contributed by atoms with Crippen molar-refractivity contribution in [2.75, 3.05) is 13.1 Å². The lowest BCUT2D eigenvalue weighted by Crippen LogP contribution is -2.47. The van der Waals surface area contributed by atoms with Gasteiger partial charge in [0.05, 0.1) is 17.5 Å². The molecule has 3 rings (SSSR count). The van der Waals surface area contributed by atoms with Crippen molar-refractivity contribution in [2.45, 2.75) is 24.0 Å². The highest BCUT2D eigenvalue weighted by Crippen LogP contribution is 2.26. The number of hydrogen-bond donors (Lipinski definition) is 1. The third-order valence-electron chi connectivity index (χ3n) is 5.23. The van der Waals surface area contributed by atoms with Gasteiger partial charge in [0.25, 0.3) is 15.7 Å². The van der Waals surface area contributed by atoms with Gasteiger partial charge in [-0.1, -0.05) is 78.7 Å². The highest BCUT2D eigenvalue weighted by atomic mass is 32.2. The van der Waals surface area contributed by atoms with Crippen molar-refractivity contribution in [1.82, 2.24) is 9.62 Å². The van der Waals surface area contributed by atoms with E-state index >= 15 is 0 Å². The number of benzene rings is 3. The highest BCUT2D eigenvalue weighted by molar-refractivity contribution is 7.89. The van der Waals surface area contributed by atoms with Crippen molar-refractivity contribution in [1.29, 1.82) is 0 Å². The summed E-state index contributed by atoms with van der Waals surface area (Å²) >= 11 is 0. The quantitative estimate of drug-likeness (QED) is 0.240. The largest absolute Gasteiger partial charge is 0.445 e. The van der Waals surface area contributed by atoms with Crippen LogP contribution in [0.1, 0.15) is 11.1 Å². The molecule has 0 radical (unpaired) electrons. The van der Waals surface area contributed by atoms with E-state index in [1.165, 1.54) is 12.1 Å². The van der Waals surface area contributed by atoms with E-state index in [0.29, 0.717) is 0 Å². The molecule has 0 fully saturated rings. The summed E-state index contributed by atoms with van der Waals surface area (Å²) in [4.78, 5) is 22.8. The number of para-hydroxylation sites is 1. The molecule has 0 aliphatic carbocycles. The Labute approximate surface area is 209 Å². The number of sulfonamides is 1. The molecule has 186 valence electrons. The maximum Gasteiger partial charge on any atom is 0.407 e. The van der Waals surface area contributed by atoms with E-state index in [2.05, 4.69) is 11.2 Å². The first-order valence-electron chi connectivity index (χ1n) is 11.0. The van der Waals surface area contributed by atoms with Crippen LogP contribution >= 0.6 is 0 Å². The van der Waals surface area contributed by atoms with Crippen LogP contribution in [0.3, 0.4) is 0 Å². The predicted octanol–water partition coefficient (Wildman–Crippen LogP) is 3.76. The summed E-state index contributed by atoms with van der Waals surface area (Å²) in [5, 5.41) is 14.2. The molecule has 0 heterocycles. The molecule has 1 atom stereocenters. The Morgan fingerprint density at radius 2 is 1.58 bits per heavy atom. The number of ether oxygens (including phenoxy) is 1. The number of terminal acetylenes is 1. The molecule has 0 saturated heterocycles. The third-order valence-corrected chi connectivity index (χ3v) is 7.09. The number of hydrogen-bond acceptors (Lipinski definition) is 6. The average Bonchev–Trinajstić information content (AvgIpc) is 2.88. The lowest BCUT2D eigenvalue weighted by Gasteiger charge is -2.26. The van der Waals surface area contributed by atoms with Crippen LogP contribution in [0, 0.1) is 22.5 Å². The Morgan fingerprint density at radius 3 is 2.19 bits per heavy atom. The summed E-state index contributed by atoms with van der Waals surface area (Å²) in [7, 11) is -4.36. The smallest absolute Gasteiger partial charge is 0.407 e. The molecule has 3 aromatic carbocycles. The van der Waals surface area contributed by atoms with Crippen molar-refractivity contribution in [3.8, 4) is 12.3 Å². The number of rotatable bonds is 11. The normalized spacial score (nSPS) is 11.9. The lowest BCUT2D eigenvalue weighted by molar-refractivity contribution is -0.387.